The van der Waals surface area contributed by atoms with Crippen molar-refractivity contribution in [1.29, 1.82) is 0 Å². The van der Waals surface area contributed by atoms with Gasteiger partial charge in [-0.1, -0.05) is 6.92 Å². The van der Waals surface area contributed by atoms with E-state index in [9.17, 15) is 9.59 Å². The highest BCUT2D eigenvalue weighted by molar-refractivity contribution is 7.99. The lowest BCUT2D eigenvalue weighted by molar-refractivity contribution is -0.139. The van der Waals surface area contributed by atoms with E-state index in [1.807, 2.05) is 11.8 Å². The van der Waals surface area contributed by atoms with Crippen molar-refractivity contribution in [2.24, 2.45) is 0 Å². The van der Waals surface area contributed by atoms with E-state index in [0.717, 1.165) is 17.9 Å². The first kappa shape index (κ1) is 13.2. The van der Waals surface area contributed by atoms with E-state index in [4.69, 9.17) is 5.11 Å². The molecule has 0 spiro atoms. The van der Waals surface area contributed by atoms with Crippen LogP contribution in [0.2, 0.25) is 0 Å². The molecular weight excluding hydrogens is 228 g/mol. The number of carboxylic acids is 1. The number of hydrogen-bond acceptors (Lipinski definition) is 3. The summed E-state index contributed by atoms with van der Waals surface area (Å²) in [5, 5.41) is 11.4. The van der Waals surface area contributed by atoms with Crippen LogP contribution >= 0.6 is 11.8 Å². The third-order valence-corrected chi connectivity index (χ3v) is 3.92. The van der Waals surface area contributed by atoms with Gasteiger partial charge in [0.2, 0.25) is 0 Å². The van der Waals surface area contributed by atoms with Crippen molar-refractivity contribution in [3.05, 3.63) is 0 Å². The summed E-state index contributed by atoms with van der Waals surface area (Å²) in [5.41, 5.74) is 0. The van der Waals surface area contributed by atoms with Gasteiger partial charge in [0.15, 0.2) is 0 Å². The first-order valence-electron chi connectivity index (χ1n) is 5.40. The zero-order valence-electron chi connectivity index (χ0n) is 9.60. The van der Waals surface area contributed by atoms with Crippen LogP contribution < -0.4 is 5.32 Å². The molecule has 1 aliphatic heterocycles. The summed E-state index contributed by atoms with van der Waals surface area (Å²) in [4.78, 5) is 24.1. The fraction of sp³-hybridized carbons (Fsp3) is 0.800. The molecule has 1 aliphatic rings. The Balaban J connectivity index is 2.46. The van der Waals surface area contributed by atoms with E-state index >= 15 is 0 Å². The van der Waals surface area contributed by atoms with Crippen LogP contribution in [0, 0.1) is 0 Å². The molecule has 2 amide bonds. The number of nitrogens with one attached hydrogen (secondary N) is 1. The second kappa shape index (κ2) is 5.98. The summed E-state index contributed by atoms with van der Waals surface area (Å²) in [6.45, 7) is 1.74. The minimum absolute atomic E-state index is 0.233. The largest absolute Gasteiger partial charge is 0.480 e. The zero-order valence-corrected chi connectivity index (χ0v) is 10.4. The van der Waals surface area contributed by atoms with Gasteiger partial charge in [-0.25, -0.2) is 9.59 Å². The highest BCUT2D eigenvalue weighted by atomic mass is 32.2. The minimum atomic E-state index is -0.981. The molecule has 1 fully saturated rings. The lowest BCUT2D eigenvalue weighted by Crippen LogP contribution is -2.49. The first-order valence-corrected chi connectivity index (χ1v) is 6.55. The molecule has 2 atom stereocenters. The molecule has 0 aromatic rings. The predicted molar refractivity (Wildman–Crippen MR) is 63.7 cm³/mol. The average Bonchev–Trinajstić information content (AvgIpc) is 2.77. The van der Waals surface area contributed by atoms with Crippen molar-refractivity contribution in [1.82, 2.24) is 10.2 Å². The average molecular weight is 246 g/mol. The van der Waals surface area contributed by atoms with Crippen molar-refractivity contribution in [2.75, 3.05) is 18.6 Å². The summed E-state index contributed by atoms with van der Waals surface area (Å²) < 4.78 is 0. The van der Waals surface area contributed by atoms with Gasteiger partial charge in [-0.15, -0.1) is 0 Å². The van der Waals surface area contributed by atoms with Crippen LogP contribution in [0.3, 0.4) is 0 Å². The van der Waals surface area contributed by atoms with Crippen LogP contribution in [-0.4, -0.2) is 52.6 Å². The molecule has 16 heavy (non-hydrogen) atoms. The van der Waals surface area contributed by atoms with Gasteiger partial charge in [0.05, 0.1) is 0 Å². The van der Waals surface area contributed by atoms with E-state index in [-0.39, 0.29) is 12.1 Å². The third kappa shape index (κ3) is 3.30. The number of hydrogen-bond donors (Lipinski definition) is 2. The normalized spacial score (nSPS) is 21.5. The molecule has 0 saturated carbocycles. The summed E-state index contributed by atoms with van der Waals surface area (Å²) in [5.74, 6) is 1.02. The van der Waals surface area contributed by atoms with Crippen LogP contribution in [0.4, 0.5) is 4.79 Å². The number of thioether (sulfide) groups is 1. The molecule has 92 valence electrons. The standard InChI is InChI=1S/C10H18N2O3S/c1-3-8(9(13)14)11-10(15)12(2)7-4-5-16-6-7/h7-8H,3-6H2,1-2H3,(H,11,15)(H,13,14)/t7?,8-/m0/s1. The Morgan fingerprint density at radius 3 is 2.75 bits per heavy atom. The van der Waals surface area contributed by atoms with Crippen molar-refractivity contribution in [3.8, 4) is 0 Å². The SMILES string of the molecule is CC[C@H](NC(=O)N(C)C1CCSC1)C(=O)O. The maximum absolute atomic E-state index is 11.7. The summed E-state index contributed by atoms with van der Waals surface area (Å²) >= 11 is 1.82. The van der Waals surface area contributed by atoms with Gasteiger partial charge >= 0.3 is 12.0 Å². The van der Waals surface area contributed by atoms with Crippen LogP contribution in [0.25, 0.3) is 0 Å². The monoisotopic (exact) mass is 246 g/mol. The highest BCUT2D eigenvalue weighted by Crippen LogP contribution is 2.21. The Kier molecular flexibility index (Phi) is 4.92. The Hall–Kier alpha value is -0.910. The summed E-state index contributed by atoms with van der Waals surface area (Å²) in [7, 11) is 1.72. The summed E-state index contributed by atoms with van der Waals surface area (Å²) in [6.07, 6.45) is 1.38. The molecule has 0 aromatic carbocycles. The predicted octanol–water partition coefficient (Wildman–Crippen LogP) is 0.996. The molecule has 1 saturated heterocycles. The number of carboxylic acid groups (broad SMARTS) is 1. The van der Waals surface area contributed by atoms with E-state index in [2.05, 4.69) is 5.32 Å². The molecule has 2 N–H and O–H groups in total. The van der Waals surface area contributed by atoms with Gasteiger partial charge in [0, 0.05) is 18.8 Å². The molecule has 1 unspecified atom stereocenters. The fourth-order valence-corrected chi connectivity index (χ4v) is 2.85. The van der Waals surface area contributed by atoms with Crippen molar-refractivity contribution < 1.29 is 14.7 Å². The molecule has 0 aliphatic carbocycles. The number of carbonyl (C=O) groups is 2. The zero-order chi connectivity index (χ0) is 12.1. The van der Waals surface area contributed by atoms with Crippen LogP contribution in [0.5, 0.6) is 0 Å². The number of aliphatic carboxylic acids is 1. The van der Waals surface area contributed by atoms with Crippen molar-refractivity contribution in [2.45, 2.75) is 31.8 Å². The maximum atomic E-state index is 11.7. The topological polar surface area (TPSA) is 69.6 Å². The summed E-state index contributed by atoms with van der Waals surface area (Å²) in [6, 6.07) is -0.845. The van der Waals surface area contributed by atoms with Crippen molar-refractivity contribution >= 4 is 23.8 Å². The van der Waals surface area contributed by atoms with Crippen molar-refractivity contribution in [3.63, 3.8) is 0 Å². The van der Waals surface area contributed by atoms with E-state index in [0.29, 0.717) is 6.42 Å². The number of rotatable bonds is 4. The quantitative estimate of drug-likeness (QED) is 0.776. The minimum Gasteiger partial charge on any atom is -0.480 e. The van der Waals surface area contributed by atoms with Gasteiger partial charge in [-0.3, -0.25) is 0 Å². The molecule has 6 heteroatoms. The highest BCUT2D eigenvalue weighted by Gasteiger charge is 2.26. The van der Waals surface area contributed by atoms with Crippen LogP contribution in [0.15, 0.2) is 0 Å². The van der Waals surface area contributed by atoms with Gasteiger partial charge < -0.3 is 15.3 Å². The second-order valence-corrected chi connectivity index (χ2v) is 5.03. The number of amides is 2. The second-order valence-electron chi connectivity index (χ2n) is 3.88. The van der Waals surface area contributed by atoms with E-state index in [1.165, 1.54) is 0 Å². The Morgan fingerprint density at radius 2 is 2.31 bits per heavy atom. The Labute approximate surface area is 99.6 Å². The number of urea groups is 1. The molecule has 0 aromatic heterocycles. The lowest BCUT2D eigenvalue weighted by Gasteiger charge is -2.25. The molecule has 0 bridgehead atoms. The fourth-order valence-electron chi connectivity index (χ4n) is 1.58. The van der Waals surface area contributed by atoms with Gasteiger partial charge in [-0.05, 0) is 18.6 Å². The van der Waals surface area contributed by atoms with Gasteiger partial charge in [0.1, 0.15) is 6.04 Å². The first-order chi connectivity index (χ1) is 7.56. The number of carbonyl (C=O) groups excluding carboxylic acids is 1. The van der Waals surface area contributed by atoms with Crippen LogP contribution in [0.1, 0.15) is 19.8 Å². The van der Waals surface area contributed by atoms with Gasteiger partial charge in [0.25, 0.3) is 0 Å². The molecule has 0 radical (unpaired) electrons. The Bertz CT molecular complexity index is 267. The number of nitrogens with zero attached hydrogens (tertiary/aromatic N) is 1. The molecular formula is C10H18N2O3S. The molecule has 5 nitrogen and oxygen atoms in total. The van der Waals surface area contributed by atoms with E-state index < -0.39 is 12.0 Å². The maximum Gasteiger partial charge on any atom is 0.326 e. The lowest BCUT2D eigenvalue weighted by atomic mass is 10.2. The van der Waals surface area contributed by atoms with E-state index in [1.54, 1.807) is 18.9 Å². The van der Waals surface area contributed by atoms with Gasteiger partial charge in [-0.2, -0.15) is 11.8 Å². The Morgan fingerprint density at radius 1 is 1.62 bits per heavy atom. The molecule has 1 heterocycles. The smallest absolute Gasteiger partial charge is 0.326 e. The van der Waals surface area contributed by atoms with Crippen LogP contribution in [-0.2, 0) is 4.79 Å². The third-order valence-electron chi connectivity index (χ3n) is 2.78. The molecule has 1 rings (SSSR count).